The van der Waals surface area contributed by atoms with Crippen LogP contribution in [-0.4, -0.2) is 54.7 Å². The van der Waals surface area contributed by atoms with Crippen LogP contribution in [0.1, 0.15) is 37.8 Å². The number of benzene rings is 3. The van der Waals surface area contributed by atoms with Crippen molar-refractivity contribution in [3.05, 3.63) is 83.9 Å². The molecule has 0 saturated carbocycles. The van der Waals surface area contributed by atoms with Gasteiger partial charge in [0.1, 0.15) is 12.6 Å². The van der Waals surface area contributed by atoms with E-state index < -0.39 is 17.6 Å². The Balaban J connectivity index is 1.41. The molecular formula is C31H33N7O4. The number of carboxylic acid groups (broad SMARTS) is 1. The first-order chi connectivity index (χ1) is 20.1. The van der Waals surface area contributed by atoms with Crippen molar-refractivity contribution in [3.63, 3.8) is 0 Å². The van der Waals surface area contributed by atoms with Crippen LogP contribution in [-0.2, 0) is 33.9 Å². The molecule has 11 nitrogen and oxygen atoms in total. The Kier molecular flexibility index (Phi) is 8.12. The van der Waals surface area contributed by atoms with Gasteiger partial charge in [-0.1, -0.05) is 66.7 Å². The van der Waals surface area contributed by atoms with Crippen molar-refractivity contribution in [3.8, 4) is 22.5 Å². The van der Waals surface area contributed by atoms with E-state index in [1.165, 1.54) is 4.68 Å². The monoisotopic (exact) mass is 567 g/mol. The smallest absolute Gasteiger partial charge is 0.325 e. The van der Waals surface area contributed by atoms with E-state index in [0.29, 0.717) is 30.8 Å². The maximum atomic E-state index is 13.8. The third-order valence-corrected chi connectivity index (χ3v) is 7.09. The Labute approximate surface area is 243 Å². The van der Waals surface area contributed by atoms with Crippen molar-refractivity contribution in [1.29, 1.82) is 0 Å². The molecule has 0 bridgehead atoms. The zero-order chi connectivity index (χ0) is 29.9. The van der Waals surface area contributed by atoms with Gasteiger partial charge in [-0.3, -0.25) is 14.4 Å². The molecule has 0 radical (unpaired) electrons. The van der Waals surface area contributed by atoms with E-state index in [2.05, 4.69) is 20.8 Å². The largest absolute Gasteiger partial charge is 0.480 e. The van der Waals surface area contributed by atoms with Gasteiger partial charge in [-0.25, -0.2) is 4.68 Å². The summed E-state index contributed by atoms with van der Waals surface area (Å²) in [6.45, 7) is 3.53. The van der Waals surface area contributed by atoms with E-state index in [0.717, 1.165) is 27.9 Å². The summed E-state index contributed by atoms with van der Waals surface area (Å²) in [7, 11) is 0. The van der Waals surface area contributed by atoms with Crippen LogP contribution >= 0.6 is 0 Å². The molecule has 5 rings (SSSR count). The molecule has 2 heterocycles. The van der Waals surface area contributed by atoms with Crippen LogP contribution in [0.4, 0.5) is 5.69 Å². The Hall–Kier alpha value is -4.90. The Morgan fingerprint density at radius 2 is 1.71 bits per heavy atom. The molecule has 11 heteroatoms. The van der Waals surface area contributed by atoms with Gasteiger partial charge in [0.15, 0.2) is 5.82 Å². The minimum atomic E-state index is -1.04. The number of hydrogen-bond donors (Lipinski definition) is 3. The number of nitrogens with two attached hydrogens (primary N) is 1. The lowest BCUT2D eigenvalue weighted by Crippen LogP contribution is -2.49. The summed E-state index contributed by atoms with van der Waals surface area (Å²) in [6.07, 6.45) is 1.28. The van der Waals surface area contributed by atoms with Crippen LogP contribution in [0.3, 0.4) is 0 Å². The van der Waals surface area contributed by atoms with Crippen LogP contribution in [0, 0.1) is 0 Å². The molecule has 2 amide bonds. The SMILES string of the molecule is CC(C)(N)CC(=O)N[C@@H]1CCc2ccccc2N(Cc2ccc(-c3ccccc3-c3nnnn3CC(=O)O)cc2)C1=O. The molecule has 0 aliphatic carbocycles. The third-order valence-electron chi connectivity index (χ3n) is 7.09. The number of anilines is 1. The zero-order valence-corrected chi connectivity index (χ0v) is 23.5. The maximum Gasteiger partial charge on any atom is 0.325 e. The minimum absolute atomic E-state index is 0.120. The summed E-state index contributed by atoms with van der Waals surface area (Å²) in [5.74, 6) is -1.10. The average Bonchev–Trinajstić information content (AvgIpc) is 3.35. The molecule has 3 aromatic carbocycles. The van der Waals surface area contributed by atoms with Gasteiger partial charge in [0.25, 0.3) is 0 Å². The molecule has 0 fully saturated rings. The Morgan fingerprint density at radius 3 is 2.43 bits per heavy atom. The van der Waals surface area contributed by atoms with Gasteiger partial charge in [-0.05, 0) is 65.4 Å². The van der Waals surface area contributed by atoms with Gasteiger partial charge in [0.05, 0.1) is 6.54 Å². The number of rotatable bonds is 9. The Bertz CT molecular complexity index is 1610. The van der Waals surface area contributed by atoms with E-state index in [4.69, 9.17) is 5.73 Å². The van der Waals surface area contributed by atoms with E-state index in [1.54, 1.807) is 18.7 Å². The first-order valence-corrected chi connectivity index (χ1v) is 13.7. The van der Waals surface area contributed by atoms with Crippen molar-refractivity contribution >= 4 is 23.5 Å². The van der Waals surface area contributed by atoms with Crippen molar-refractivity contribution < 1.29 is 19.5 Å². The molecule has 0 saturated heterocycles. The number of nitrogens with zero attached hydrogens (tertiary/aromatic N) is 5. The van der Waals surface area contributed by atoms with Gasteiger partial charge < -0.3 is 21.1 Å². The fourth-order valence-electron chi connectivity index (χ4n) is 5.21. The van der Waals surface area contributed by atoms with Crippen molar-refractivity contribution in [2.45, 2.75) is 57.8 Å². The predicted molar refractivity (Wildman–Crippen MR) is 157 cm³/mol. The van der Waals surface area contributed by atoms with Gasteiger partial charge in [-0.2, -0.15) is 0 Å². The van der Waals surface area contributed by atoms with Crippen LogP contribution in [0.5, 0.6) is 0 Å². The number of tetrazole rings is 1. The number of carboxylic acids is 1. The number of para-hydroxylation sites is 1. The summed E-state index contributed by atoms with van der Waals surface area (Å²) in [6, 6.07) is 22.5. The standard InChI is InChI=1S/C31H33N7O4/c1-31(2,32)17-27(39)33-25-16-15-22-7-3-6-10-26(22)37(30(25)42)18-20-11-13-21(14-12-20)23-8-4-5-9-24(23)29-34-35-36-38(29)19-28(40)41/h3-14,25H,15-19,32H2,1-2H3,(H,33,39)(H,40,41)/t25-/m1/s1. The van der Waals surface area contributed by atoms with Crippen LogP contribution < -0.4 is 16.0 Å². The minimum Gasteiger partial charge on any atom is -0.480 e. The number of nitrogens with one attached hydrogen (secondary N) is 1. The molecule has 1 aliphatic rings. The molecule has 1 aliphatic heterocycles. The van der Waals surface area contributed by atoms with Crippen LogP contribution in [0.25, 0.3) is 22.5 Å². The number of amides is 2. The summed E-state index contributed by atoms with van der Waals surface area (Å²) in [5, 5.41) is 23.7. The fourth-order valence-corrected chi connectivity index (χ4v) is 5.21. The number of aromatic nitrogens is 4. The topological polar surface area (TPSA) is 156 Å². The number of carbonyl (C=O) groups is 3. The molecule has 42 heavy (non-hydrogen) atoms. The zero-order valence-electron chi connectivity index (χ0n) is 23.5. The number of aryl methyl sites for hydroxylation is 1. The highest BCUT2D eigenvalue weighted by atomic mass is 16.4. The normalized spacial score (nSPS) is 15.2. The van der Waals surface area contributed by atoms with Gasteiger partial charge in [0.2, 0.25) is 11.8 Å². The first kappa shape index (κ1) is 28.6. The highest BCUT2D eigenvalue weighted by Crippen LogP contribution is 2.32. The first-order valence-electron chi connectivity index (χ1n) is 13.7. The second-order valence-electron chi connectivity index (χ2n) is 11.2. The summed E-state index contributed by atoms with van der Waals surface area (Å²) in [4.78, 5) is 39.5. The fraction of sp³-hybridized carbons (Fsp3) is 0.290. The van der Waals surface area contributed by atoms with Gasteiger partial charge in [0, 0.05) is 23.2 Å². The molecule has 4 aromatic rings. The lowest BCUT2D eigenvalue weighted by Gasteiger charge is -2.27. The van der Waals surface area contributed by atoms with E-state index in [1.807, 2.05) is 72.8 Å². The summed E-state index contributed by atoms with van der Waals surface area (Å²) >= 11 is 0. The number of hydrogen-bond acceptors (Lipinski definition) is 7. The van der Waals surface area contributed by atoms with Gasteiger partial charge in [-0.15, -0.1) is 5.10 Å². The lowest BCUT2D eigenvalue weighted by molar-refractivity contribution is -0.137. The maximum absolute atomic E-state index is 13.8. The van der Waals surface area contributed by atoms with Crippen LogP contribution in [0.15, 0.2) is 72.8 Å². The van der Waals surface area contributed by atoms with E-state index in [9.17, 15) is 19.5 Å². The molecule has 1 atom stereocenters. The predicted octanol–water partition coefficient (Wildman–Crippen LogP) is 3.18. The quantitative estimate of drug-likeness (QED) is 0.278. The van der Waals surface area contributed by atoms with Crippen LogP contribution in [0.2, 0.25) is 0 Å². The molecule has 216 valence electrons. The van der Waals surface area contributed by atoms with Gasteiger partial charge >= 0.3 is 5.97 Å². The summed E-state index contributed by atoms with van der Waals surface area (Å²) < 4.78 is 1.25. The van der Waals surface area contributed by atoms with Crippen molar-refractivity contribution in [2.24, 2.45) is 5.73 Å². The highest BCUT2D eigenvalue weighted by molar-refractivity contribution is 6.00. The molecule has 4 N–H and O–H groups in total. The second kappa shape index (κ2) is 11.9. The van der Waals surface area contributed by atoms with E-state index in [-0.39, 0.29) is 24.8 Å². The molecule has 0 spiro atoms. The second-order valence-corrected chi connectivity index (χ2v) is 11.2. The number of aliphatic carboxylic acids is 1. The third kappa shape index (κ3) is 6.52. The average molecular weight is 568 g/mol. The molecular weight excluding hydrogens is 534 g/mol. The Morgan fingerprint density at radius 1 is 1.02 bits per heavy atom. The number of carbonyl (C=O) groups excluding carboxylic acids is 2. The van der Waals surface area contributed by atoms with E-state index >= 15 is 0 Å². The van der Waals surface area contributed by atoms with Crippen molar-refractivity contribution in [2.75, 3.05) is 4.90 Å². The highest BCUT2D eigenvalue weighted by Gasteiger charge is 2.32. The lowest BCUT2D eigenvalue weighted by atomic mass is 9.98. The number of fused-ring (bicyclic) bond motifs is 1. The molecule has 1 aromatic heterocycles. The summed E-state index contributed by atoms with van der Waals surface area (Å²) in [5.41, 5.74) is 10.6. The molecule has 0 unspecified atom stereocenters. The van der Waals surface area contributed by atoms with Crippen molar-refractivity contribution in [1.82, 2.24) is 25.5 Å².